The first kappa shape index (κ1) is 23.0. The number of likely N-dealkylation sites (tertiary alicyclic amines) is 1. The van der Waals surface area contributed by atoms with E-state index < -0.39 is 0 Å². The minimum absolute atomic E-state index is 0.0296. The van der Waals surface area contributed by atoms with E-state index in [9.17, 15) is 9.59 Å². The normalized spacial score (nSPS) is 18.3. The molecule has 5 heteroatoms. The molecule has 5 nitrogen and oxygen atoms in total. The van der Waals surface area contributed by atoms with Crippen LogP contribution >= 0.6 is 0 Å². The van der Waals surface area contributed by atoms with Crippen molar-refractivity contribution in [3.63, 3.8) is 0 Å². The standard InChI is InChI=1S/C28H33N3O2/c32-27(14-13-25-10-5-2-6-11-25)30-18-15-26(16-19-30)28(33)31-22-20-29(21-23-31)17-7-12-24-8-3-1-4-9-24/h1-14,26H,15-23H2. The first-order chi connectivity index (χ1) is 16.2. The van der Waals surface area contributed by atoms with Crippen molar-refractivity contribution in [2.75, 3.05) is 45.8 Å². The third-order valence-corrected chi connectivity index (χ3v) is 6.53. The zero-order valence-corrected chi connectivity index (χ0v) is 19.2. The molecule has 2 aliphatic rings. The van der Waals surface area contributed by atoms with E-state index in [2.05, 4.69) is 29.2 Å². The molecule has 0 radical (unpaired) electrons. The summed E-state index contributed by atoms with van der Waals surface area (Å²) >= 11 is 0. The summed E-state index contributed by atoms with van der Waals surface area (Å²) in [6.07, 6.45) is 9.36. The van der Waals surface area contributed by atoms with Crippen molar-refractivity contribution in [1.82, 2.24) is 14.7 Å². The average molecular weight is 444 g/mol. The number of carbonyl (C=O) groups is 2. The molecule has 2 amide bonds. The van der Waals surface area contributed by atoms with Gasteiger partial charge in [0.25, 0.3) is 0 Å². The molecule has 2 aromatic rings. The van der Waals surface area contributed by atoms with Gasteiger partial charge in [0.2, 0.25) is 11.8 Å². The number of piperidine rings is 1. The number of nitrogens with zero attached hydrogens (tertiary/aromatic N) is 3. The third-order valence-electron chi connectivity index (χ3n) is 6.53. The maximum Gasteiger partial charge on any atom is 0.246 e. The SMILES string of the molecule is O=C(C=Cc1ccccc1)N1CCC(C(=O)N2CCN(CC=Cc3ccccc3)CC2)CC1. The summed E-state index contributed by atoms with van der Waals surface area (Å²) in [5.74, 6) is 0.333. The van der Waals surface area contributed by atoms with E-state index in [1.54, 1.807) is 6.08 Å². The largest absolute Gasteiger partial charge is 0.340 e. The van der Waals surface area contributed by atoms with Gasteiger partial charge in [-0.1, -0.05) is 72.8 Å². The monoisotopic (exact) mass is 443 g/mol. The number of rotatable bonds is 6. The predicted molar refractivity (Wildman–Crippen MR) is 133 cm³/mol. The lowest BCUT2D eigenvalue weighted by Gasteiger charge is -2.38. The first-order valence-electron chi connectivity index (χ1n) is 11.9. The summed E-state index contributed by atoms with van der Waals surface area (Å²) in [6, 6.07) is 20.2. The van der Waals surface area contributed by atoms with Crippen molar-refractivity contribution in [2.24, 2.45) is 5.92 Å². The molecule has 0 aliphatic carbocycles. The van der Waals surface area contributed by atoms with E-state index in [0.29, 0.717) is 13.1 Å². The summed E-state index contributed by atoms with van der Waals surface area (Å²) in [5, 5.41) is 0. The third kappa shape index (κ3) is 6.65. The molecular formula is C28H33N3O2. The average Bonchev–Trinajstić information content (AvgIpc) is 2.88. The summed E-state index contributed by atoms with van der Waals surface area (Å²) in [6.45, 7) is 5.61. The van der Waals surface area contributed by atoms with E-state index >= 15 is 0 Å². The van der Waals surface area contributed by atoms with Crippen LogP contribution in [0, 0.1) is 5.92 Å². The van der Waals surface area contributed by atoms with Gasteiger partial charge >= 0.3 is 0 Å². The molecule has 0 unspecified atom stereocenters. The lowest BCUT2D eigenvalue weighted by atomic mass is 9.95. The van der Waals surface area contributed by atoms with Crippen molar-refractivity contribution < 1.29 is 9.59 Å². The summed E-state index contributed by atoms with van der Waals surface area (Å²) in [5.41, 5.74) is 2.23. The number of amides is 2. The van der Waals surface area contributed by atoms with Crippen molar-refractivity contribution >= 4 is 24.0 Å². The van der Waals surface area contributed by atoms with Gasteiger partial charge in [-0.25, -0.2) is 0 Å². The van der Waals surface area contributed by atoms with E-state index in [1.807, 2.05) is 64.4 Å². The molecule has 2 aliphatic heterocycles. The number of hydrogen-bond donors (Lipinski definition) is 0. The topological polar surface area (TPSA) is 43.9 Å². The molecule has 2 fully saturated rings. The predicted octanol–water partition coefficient (Wildman–Crippen LogP) is 3.80. The Kier molecular flexibility index (Phi) is 8.09. The van der Waals surface area contributed by atoms with Gasteiger partial charge in [0.05, 0.1) is 0 Å². The van der Waals surface area contributed by atoms with Crippen LogP contribution in [-0.2, 0) is 9.59 Å². The van der Waals surface area contributed by atoms with Crippen LogP contribution in [0.1, 0.15) is 24.0 Å². The van der Waals surface area contributed by atoms with Gasteiger partial charge < -0.3 is 9.80 Å². The molecule has 2 saturated heterocycles. The molecule has 0 atom stereocenters. The Labute approximate surface area is 197 Å². The molecule has 0 aromatic heterocycles. The van der Waals surface area contributed by atoms with Crippen molar-refractivity contribution in [1.29, 1.82) is 0 Å². The summed E-state index contributed by atoms with van der Waals surface area (Å²) in [4.78, 5) is 31.8. The van der Waals surface area contributed by atoms with Gasteiger partial charge in [0.15, 0.2) is 0 Å². The van der Waals surface area contributed by atoms with Gasteiger partial charge in [0.1, 0.15) is 0 Å². The number of piperazine rings is 1. The van der Waals surface area contributed by atoms with Crippen LogP contribution in [0.2, 0.25) is 0 Å². The Morgan fingerprint density at radius 1 is 0.727 bits per heavy atom. The number of hydrogen-bond acceptors (Lipinski definition) is 3. The maximum atomic E-state index is 13.0. The van der Waals surface area contributed by atoms with Crippen LogP contribution < -0.4 is 0 Å². The Morgan fingerprint density at radius 3 is 1.91 bits per heavy atom. The van der Waals surface area contributed by atoms with Crippen molar-refractivity contribution in [3.8, 4) is 0 Å². The van der Waals surface area contributed by atoms with Gasteiger partial charge in [-0.3, -0.25) is 14.5 Å². The Hall–Kier alpha value is -3.18. The maximum absolute atomic E-state index is 13.0. The van der Waals surface area contributed by atoms with Gasteiger partial charge in [0, 0.05) is 57.8 Å². The van der Waals surface area contributed by atoms with Crippen LogP contribution in [0.5, 0.6) is 0 Å². The fraction of sp³-hybridized carbons (Fsp3) is 0.357. The molecule has 0 spiro atoms. The van der Waals surface area contributed by atoms with E-state index in [0.717, 1.165) is 51.1 Å². The van der Waals surface area contributed by atoms with E-state index in [-0.39, 0.29) is 17.7 Å². The zero-order chi connectivity index (χ0) is 22.9. The number of benzene rings is 2. The highest BCUT2D eigenvalue weighted by Crippen LogP contribution is 2.21. The fourth-order valence-corrected chi connectivity index (χ4v) is 4.49. The highest BCUT2D eigenvalue weighted by molar-refractivity contribution is 5.92. The van der Waals surface area contributed by atoms with E-state index in [4.69, 9.17) is 0 Å². The zero-order valence-electron chi connectivity index (χ0n) is 19.2. The lowest BCUT2D eigenvalue weighted by Crippen LogP contribution is -2.51. The first-order valence-corrected chi connectivity index (χ1v) is 11.9. The van der Waals surface area contributed by atoms with Gasteiger partial charge in [-0.15, -0.1) is 0 Å². The van der Waals surface area contributed by atoms with Crippen LogP contribution in [0.3, 0.4) is 0 Å². The molecule has 33 heavy (non-hydrogen) atoms. The molecule has 0 N–H and O–H groups in total. The lowest BCUT2D eigenvalue weighted by molar-refractivity contribution is -0.140. The van der Waals surface area contributed by atoms with Crippen LogP contribution in [0.15, 0.2) is 72.8 Å². The Morgan fingerprint density at radius 2 is 1.30 bits per heavy atom. The highest BCUT2D eigenvalue weighted by Gasteiger charge is 2.31. The quantitative estimate of drug-likeness (QED) is 0.638. The van der Waals surface area contributed by atoms with E-state index in [1.165, 1.54) is 5.56 Å². The fourth-order valence-electron chi connectivity index (χ4n) is 4.49. The van der Waals surface area contributed by atoms with Crippen molar-refractivity contribution in [2.45, 2.75) is 12.8 Å². The van der Waals surface area contributed by atoms with Crippen LogP contribution in [0.4, 0.5) is 0 Å². The number of carbonyl (C=O) groups excluding carboxylic acids is 2. The smallest absolute Gasteiger partial charge is 0.246 e. The second-order valence-corrected chi connectivity index (χ2v) is 8.78. The molecule has 2 aromatic carbocycles. The van der Waals surface area contributed by atoms with Gasteiger partial charge in [-0.2, -0.15) is 0 Å². The van der Waals surface area contributed by atoms with Crippen molar-refractivity contribution in [3.05, 3.63) is 83.9 Å². The van der Waals surface area contributed by atoms with Gasteiger partial charge in [-0.05, 0) is 30.0 Å². The second kappa shape index (κ2) is 11.6. The molecule has 2 heterocycles. The molecule has 0 bridgehead atoms. The highest BCUT2D eigenvalue weighted by atomic mass is 16.2. The Balaban J connectivity index is 1.17. The minimum Gasteiger partial charge on any atom is -0.340 e. The molecular weight excluding hydrogens is 410 g/mol. The summed E-state index contributed by atoms with van der Waals surface area (Å²) < 4.78 is 0. The second-order valence-electron chi connectivity index (χ2n) is 8.78. The summed E-state index contributed by atoms with van der Waals surface area (Å²) in [7, 11) is 0. The molecule has 4 rings (SSSR count). The van der Waals surface area contributed by atoms with Crippen LogP contribution in [-0.4, -0.2) is 72.3 Å². The minimum atomic E-state index is 0.0296. The molecule has 0 saturated carbocycles. The molecule has 172 valence electrons. The van der Waals surface area contributed by atoms with Crippen LogP contribution in [0.25, 0.3) is 12.2 Å². The Bertz CT molecular complexity index is 955.